The van der Waals surface area contributed by atoms with Gasteiger partial charge in [-0.25, -0.2) is 0 Å². The maximum atomic E-state index is 9.89. The molecular weight excluding hydrogens is 212 g/mol. The van der Waals surface area contributed by atoms with Crippen molar-refractivity contribution in [1.82, 2.24) is 0 Å². The van der Waals surface area contributed by atoms with Gasteiger partial charge in [0.15, 0.2) is 0 Å². The molecule has 2 nitrogen and oxygen atoms in total. The largest absolute Gasteiger partial charge is 0.472 e. The Morgan fingerprint density at radius 3 is 2.71 bits per heavy atom. The van der Waals surface area contributed by atoms with Gasteiger partial charge in [-0.1, -0.05) is 17.7 Å². The van der Waals surface area contributed by atoms with Crippen molar-refractivity contribution in [3.63, 3.8) is 0 Å². The van der Waals surface area contributed by atoms with E-state index in [4.69, 9.17) is 4.42 Å². The Hall–Kier alpha value is -1.28. The number of allylic oxidation sites excluding steroid dienone is 2. The lowest BCUT2D eigenvalue weighted by Crippen LogP contribution is -2.06. The first kappa shape index (κ1) is 13.8. The molecule has 0 fully saturated rings. The average molecular weight is 234 g/mol. The summed E-state index contributed by atoms with van der Waals surface area (Å²) in [6, 6.07) is 1.97. The van der Waals surface area contributed by atoms with Crippen molar-refractivity contribution in [1.29, 1.82) is 0 Å². The highest BCUT2D eigenvalue weighted by atomic mass is 16.3. The predicted octanol–water partition coefficient (Wildman–Crippen LogP) is 3.88. The first-order valence-electron chi connectivity index (χ1n) is 6.08. The molecule has 1 unspecified atom stereocenters. The lowest BCUT2D eigenvalue weighted by atomic mass is 10.0. The highest BCUT2D eigenvalue weighted by molar-refractivity contribution is 5.11. The maximum absolute atomic E-state index is 9.89. The quantitative estimate of drug-likeness (QED) is 0.758. The normalized spacial score (nSPS) is 13.5. The standard InChI is InChI=1S/C15H22O2/c1-12(2)7-8-15(16)13(3)5-4-6-14-9-10-17-11-14/h5,7,9-11,15-16H,4,6,8H2,1-3H3. The van der Waals surface area contributed by atoms with Gasteiger partial charge in [-0.15, -0.1) is 0 Å². The van der Waals surface area contributed by atoms with Gasteiger partial charge in [0, 0.05) is 0 Å². The Kier molecular flexibility index (Phi) is 5.78. The van der Waals surface area contributed by atoms with E-state index in [2.05, 4.69) is 12.2 Å². The van der Waals surface area contributed by atoms with E-state index >= 15 is 0 Å². The van der Waals surface area contributed by atoms with E-state index in [1.165, 1.54) is 11.1 Å². The summed E-state index contributed by atoms with van der Waals surface area (Å²) in [5.74, 6) is 0. The summed E-state index contributed by atoms with van der Waals surface area (Å²) < 4.78 is 5.01. The molecular formula is C15H22O2. The van der Waals surface area contributed by atoms with Crippen LogP contribution in [0.5, 0.6) is 0 Å². The Morgan fingerprint density at radius 1 is 1.35 bits per heavy atom. The summed E-state index contributed by atoms with van der Waals surface area (Å²) >= 11 is 0. The third kappa shape index (κ3) is 5.55. The van der Waals surface area contributed by atoms with Crippen molar-refractivity contribution >= 4 is 0 Å². The van der Waals surface area contributed by atoms with Crippen molar-refractivity contribution in [2.75, 3.05) is 0 Å². The van der Waals surface area contributed by atoms with Gasteiger partial charge in [0.1, 0.15) is 0 Å². The van der Waals surface area contributed by atoms with E-state index in [1.807, 2.05) is 26.8 Å². The topological polar surface area (TPSA) is 33.4 Å². The minimum atomic E-state index is -0.353. The number of hydrogen-bond donors (Lipinski definition) is 1. The van der Waals surface area contributed by atoms with Gasteiger partial charge in [0.05, 0.1) is 18.6 Å². The summed E-state index contributed by atoms with van der Waals surface area (Å²) in [6.07, 6.45) is 9.89. The molecule has 0 aliphatic carbocycles. The molecule has 1 atom stereocenters. The fourth-order valence-electron chi connectivity index (χ4n) is 1.57. The van der Waals surface area contributed by atoms with Gasteiger partial charge >= 0.3 is 0 Å². The second-order valence-electron chi connectivity index (χ2n) is 4.65. The van der Waals surface area contributed by atoms with E-state index in [0.29, 0.717) is 6.42 Å². The van der Waals surface area contributed by atoms with Crippen LogP contribution < -0.4 is 0 Å². The predicted molar refractivity (Wildman–Crippen MR) is 70.8 cm³/mol. The Morgan fingerprint density at radius 2 is 2.12 bits per heavy atom. The van der Waals surface area contributed by atoms with E-state index in [9.17, 15) is 5.11 Å². The van der Waals surface area contributed by atoms with Crippen LogP contribution in [0.4, 0.5) is 0 Å². The lowest BCUT2D eigenvalue weighted by Gasteiger charge is -2.09. The highest BCUT2D eigenvalue weighted by Crippen LogP contribution is 2.11. The molecule has 0 aromatic carbocycles. The van der Waals surface area contributed by atoms with Crippen molar-refractivity contribution in [3.8, 4) is 0 Å². The molecule has 17 heavy (non-hydrogen) atoms. The molecule has 0 radical (unpaired) electrons. The van der Waals surface area contributed by atoms with Crippen LogP contribution in [0.15, 0.2) is 46.3 Å². The zero-order chi connectivity index (χ0) is 12.7. The summed E-state index contributed by atoms with van der Waals surface area (Å²) in [5.41, 5.74) is 3.49. The molecule has 1 heterocycles. The number of aryl methyl sites for hydroxylation is 1. The monoisotopic (exact) mass is 234 g/mol. The molecule has 0 saturated heterocycles. The maximum Gasteiger partial charge on any atom is 0.0934 e. The van der Waals surface area contributed by atoms with Crippen molar-refractivity contribution in [3.05, 3.63) is 47.5 Å². The van der Waals surface area contributed by atoms with Crippen molar-refractivity contribution in [2.24, 2.45) is 0 Å². The first-order valence-corrected chi connectivity index (χ1v) is 6.08. The molecule has 0 spiro atoms. The molecule has 94 valence electrons. The van der Waals surface area contributed by atoms with Gasteiger partial charge in [-0.3, -0.25) is 0 Å². The zero-order valence-electron chi connectivity index (χ0n) is 10.9. The van der Waals surface area contributed by atoms with Crippen LogP contribution in [0.3, 0.4) is 0 Å². The second-order valence-corrected chi connectivity index (χ2v) is 4.65. The Bertz CT molecular complexity index is 368. The van der Waals surface area contributed by atoms with Gasteiger partial charge < -0.3 is 9.52 Å². The first-order chi connectivity index (χ1) is 8.09. The minimum absolute atomic E-state index is 0.353. The molecule has 1 aromatic heterocycles. The number of aliphatic hydroxyl groups excluding tert-OH is 1. The van der Waals surface area contributed by atoms with E-state index in [0.717, 1.165) is 18.4 Å². The SMILES string of the molecule is CC(C)=CCC(O)C(C)=CCCc1ccoc1. The average Bonchev–Trinajstić information content (AvgIpc) is 2.78. The molecule has 1 rings (SSSR count). The van der Waals surface area contributed by atoms with Crippen molar-refractivity contribution < 1.29 is 9.52 Å². The van der Waals surface area contributed by atoms with Crippen LogP contribution in [-0.4, -0.2) is 11.2 Å². The molecule has 0 amide bonds. The van der Waals surface area contributed by atoms with E-state index in [-0.39, 0.29) is 6.10 Å². The highest BCUT2D eigenvalue weighted by Gasteiger charge is 2.03. The zero-order valence-corrected chi connectivity index (χ0v) is 10.9. The van der Waals surface area contributed by atoms with Crippen LogP contribution >= 0.6 is 0 Å². The molecule has 1 aromatic rings. The van der Waals surface area contributed by atoms with E-state index < -0.39 is 0 Å². The summed E-state index contributed by atoms with van der Waals surface area (Å²) in [7, 11) is 0. The minimum Gasteiger partial charge on any atom is -0.472 e. The van der Waals surface area contributed by atoms with Crippen LogP contribution in [0.1, 0.15) is 39.2 Å². The summed E-state index contributed by atoms with van der Waals surface area (Å²) in [5, 5.41) is 9.89. The van der Waals surface area contributed by atoms with Crippen molar-refractivity contribution in [2.45, 2.75) is 46.1 Å². The molecule has 0 aliphatic heterocycles. The fraction of sp³-hybridized carbons (Fsp3) is 0.467. The van der Waals surface area contributed by atoms with Gasteiger partial charge in [-0.2, -0.15) is 0 Å². The third-order valence-corrected chi connectivity index (χ3v) is 2.75. The van der Waals surface area contributed by atoms with Crippen LogP contribution in [0, 0.1) is 0 Å². The number of furan rings is 1. The molecule has 0 bridgehead atoms. The molecule has 1 N–H and O–H groups in total. The smallest absolute Gasteiger partial charge is 0.0934 e. The van der Waals surface area contributed by atoms with Gasteiger partial charge in [-0.05, 0) is 57.2 Å². The Labute approximate surface area is 104 Å². The lowest BCUT2D eigenvalue weighted by molar-refractivity contribution is 0.213. The van der Waals surface area contributed by atoms with Crippen LogP contribution in [-0.2, 0) is 6.42 Å². The summed E-state index contributed by atoms with van der Waals surface area (Å²) in [6.45, 7) is 6.08. The number of rotatable bonds is 6. The van der Waals surface area contributed by atoms with Gasteiger partial charge in [0.2, 0.25) is 0 Å². The fourth-order valence-corrected chi connectivity index (χ4v) is 1.57. The number of hydrogen-bond acceptors (Lipinski definition) is 2. The molecule has 0 saturated carbocycles. The van der Waals surface area contributed by atoms with Crippen LogP contribution in [0.25, 0.3) is 0 Å². The van der Waals surface area contributed by atoms with E-state index in [1.54, 1.807) is 12.5 Å². The summed E-state index contributed by atoms with van der Waals surface area (Å²) in [4.78, 5) is 0. The van der Waals surface area contributed by atoms with Gasteiger partial charge in [0.25, 0.3) is 0 Å². The third-order valence-electron chi connectivity index (χ3n) is 2.75. The second kappa shape index (κ2) is 7.13. The molecule has 0 aliphatic rings. The van der Waals surface area contributed by atoms with Crippen LogP contribution in [0.2, 0.25) is 0 Å². The number of aliphatic hydroxyl groups is 1. The Balaban J connectivity index is 2.35. The molecule has 2 heteroatoms.